The minimum atomic E-state index is -0.0531. The number of hydrogen-bond donors (Lipinski definition) is 0. The number of aromatic nitrogens is 1. The standard InChI is InChI=1S/C35H42N6O2/c1-6-32(42)41-24(3)19-40(20-25(41)4)34-28-15-17-39(31-14-8-12-26-11-7-10-23(2)33(26)31)21-30(28)37-35(29(34)18-36)43-22-27-13-9-16-38(27)5/h6-8,10-12,14,24-25,27H,1,9,13,15-17,19-22H2,2-5H3/t24-,25+,27?. The van der Waals surface area contributed by atoms with Gasteiger partial charge < -0.3 is 24.3 Å². The summed E-state index contributed by atoms with van der Waals surface area (Å²) in [7, 11) is 2.13. The molecule has 0 radical (unpaired) electrons. The summed E-state index contributed by atoms with van der Waals surface area (Å²) in [6, 6.07) is 15.7. The molecule has 43 heavy (non-hydrogen) atoms. The molecule has 0 aliphatic carbocycles. The van der Waals surface area contributed by atoms with Crippen LogP contribution in [0.4, 0.5) is 11.4 Å². The quantitative estimate of drug-likeness (QED) is 0.379. The van der Waals surface area contributed by atoms with Crippen LogP contribution in [-0.2, 0) is 17.8 Å². The second-order valence-corrected chi connectivity index (χ2v) is 12.4. The highest BCUT2D eigenvalue weighted by Crippen LogP contribution is 2.40. The van der Waals surface area contributed by atoms with Crippen LogP contribution in [0.15, 0.2) is 49.1 Å². The third-order valence-corrected chi connectivity index (χ3v) is 9.59. The number of fused-ring (bicyclic) bond motifs is 2. The number of likely N-dealkylation sites (tertiary alicyclic amines) is 1. The fraction of sp³-hybridized carbons (Fsp3) is 0.457. The van der Waals surface area contributed by atoms with Gasteiger partial charge in [-0.05, 0) is 76.7 Å². The fourth-order valence-electron chi connectivity index (χ4n) is 7.47. The van der Waals surface area contributed by atoms with Gasteiger partial charge in [-0.1, -0.05) is 36.9 Å². The van der Waals surface area contributed by atoms with E-state index in [1.165, 1.54) is 28.1 Å². The lowest BCUT2D eigenvalue weighted by Gasteiger charge is -2.46. The van der Waals surface area contributed by atoms with E-state index < -0.39 is 0 Å². The van der Waals surface area contributed by atoms with E-state index in [2.05, 4.69) is 91.6 Å². The molecule has 8 heteroatoms. The topological polar surface area (TPSA) is 75.9 Å². The summed E-state index contributed by atoms with van der Waals surface area (Å²) in [6.45, 7) is 14.3. The molecule has 8 nitrogen and oxygen atoms in total. The molecule has 0 saturated carbocycles. The second-order valence-electron chi connectivity index (χ2n) is 12.4. The van der Waals surface area contributed by atoms with E-state index in [9.17, 15) is 10.1 Å². The van der Waals surface area contributed by atoms with Crippen molar-refractivity contribution in [1.82, 2.24) is 14.8 Å². The minimum absolute atomic E-state index is 0.0279. The number of nitriles is 1. The van der Waals surface area contributed by atoms with Gasteiger partial charge in [-0.3, -0.25) is 4.79 Å². The first-order valence-corrected chi connectivity index (χ1v) is 15.5. The SMILES string of the molecule is C=CC(=O)N1[C@H](C)CN(c2c(C#N)c(OCC3CCCN3C)nc3c2CCN(c2cccc4cccc(C)c24)C3)C[C@@H]1C. The number of carbonyl (C=O) groups excluding carboxylic acids is 1. The van der Waals surface area contributed by atoms with Crippen molar-refractivity contribution in [3.63, 3.8) is 0 Å². The van der Waals surface area contributed by atoms with Gasteiger partial charge in [0.2, 0.25) is 11.8 Å². The predicted molar refractivity (Wildman–Crippen MR) is 172 cm³/mol. The van der Waals surface area contributed by atoms with Crippen molar-refractivity contribution in [3.8, 4) is 11.9 Å². The first-order chi connectivity index (χ1) is 20.8. The first kappa shape index (κ1) is 29.0. The van der Waals surface area contributed by atoms with Crippen LogP contribution < -0.4 is 14.5 Å². The molecule has 1 amide bonds. The van der Waals surface area contributed by atoms with Gasteiger partial charge in [0, 0.05) is 54.4 Å². The molecule has 0 spiro atoms. The molecule has 4 heterocycles. The van der Waals surface area contributed by atoms with Gasteiger partial charge in [-0.15, -0.1) is 0 Å². The van der Waals surface area contributed by atoms with Gasteiger partial charge >= 0.3 is 0 Å². The number of benzene rings is 2. The molecule has 6 rings (SSSR count). The van der Waals surface area contributed by atoms with Crippen LogP contribution in [0, 0.1) is 18.3 Å². The Balaban J connectivity index is 1.41. The lowest BCUT2D eigenvalue weighted by atomic mass is 9.95. The van der Waals surface area contributed by atoms with Crippen molar-refractivity contribution < 1.29 is 9.53 Å². The van der Waals surface area contributed by atoms with Crippen LogP contribution in [-0.4, -0.2) is 78.7 Å². The van der Waals surface area contributed by atoms with Crippen LogP contribution in [0.5, 0.6) is 5.88 Å². The molecule has 3 aliphatic rings. The molecule has 1 unspecified atom stereocenters. The Kier molecular flexibility index (Phi) is 8.02. The lowest BCUT2D eigenvalue weighted by molar-refractivity contribution is -0.130. The number of aryl methyl sites for hydroxylation is 1. The van der Waals surface area contributed by atoms with E-state index in [1.807, 2.05) is 4.90 Å². The lowest BCUT2D eigenvalue weighted by Crippen LogP contribution is -2.58. The predicted octanol–water partition coefficient (Wildman–Crippen LogP) is 5.06. The van der Waals surface area contributed by atoms with Gasteiger partial charge in [0.1, 0.15) is 18.2 Å². The Morgan fingerprint density at radius 3 is 2.56 bits per heavy atom. The number of anilines is 2. The van der Waals surface area contributed by atoms with Crippen LogP contribution >= 0.6 is 0 Å². The Labute approximate surface area is 255 Å². The number of piperazine rings is 1. The van der Waals surface area contributed by atoms with Crippen molar-refractivity contribution in [2.24, 2.45) is 0 Å². The second kappa shape index (κ2) is 11.9. The van der Waals surface area contributed by atoms with Crippen molar-refractivity contribution in [1.29, 1.82) is 5.26 Å². The average Bonchev–Trinajstić information content (AvgIpc) is 3.42. The van der Waals surface area contributed by atoms with Crippen molar-refractivity contribution in [2.75, 3.05) is 49.6 Å². The Morgan fingerprint density at radius 2 is 1.88 bits per heavy atom. The van der Waals surface area contributed by atoms with E-state index in [4.69, 9.17) is 9.72 Å². The molecular formula is C35H42N6O2. The number of carbonyl (C=O) groups is 1. The van der Waals surface area contributed by atoms with Crippen LogP contribution in [0.25, 0.3) is 10.8 Å². The Bertz CT molecular complexity index is 1580. The number of nitrogens with zero attached hydrogens (tertiary/aromatic N) is 6. The highest BCUT2D eigenvalue weighted by atomic mass is 16.5. The average molecular weight is 579 g/mol. The summed E-state index contributed by atoms with van der Waals surface area (Å²) in [6.07, 6.45) is 4.40. The molecule has 1 aromatic heterocycles. The van der Waals surface area contributed by atoms with Gasteiger partial charge in [0.15, 0.2) is 0 Å². The maximum Gasteiger partial charge on any atom is 0.246 e. The number of rotatable bonds is 6. The molecule has 3 atom stereocenters. The maximum absolute atomic E-state index is 12.7. The third-order valence-electron chi connectivity index (χ3n) is 9.59. The zero-order chi connectivity index (χ0) is 30.2. The van der Waals surface area contributed by atoms with Crippen LogP contribution in [0.2, 0.25) is 0 Å². The monoisotopic (exact) mass is 578 g/mol. The van der Waals surface area contributed by atoms with Crippen LogP contribution in [0.1, 0.15) is 49.1 Å². The minimum Gasteiger partial charge on any atom is -0.475 e. The van der Waals surface area contributed by atoms with Crippen molar-refractivity contribution >= 4 is 28.1 Å². The maximum atomic E-state index is 12.7. The van der Waals surface area contributed by atoms with E-state index in [1.54, 1.807) is 0 Å². The van der Waals surface area contributed by atoms with E-state index in [0.717, 1.165) is 49.3 Å². The van der Waals surface area contributed by atoms with E-state index >= 15 is 0 Å². The largest absolute Gasteiger partial charge is 0.475 e. The van der Waals surface area contributed by atoms with Gasteiger partial charge in [-0.2, -0.15) is 5.26 Å². The molecular weight excluding hydrogens is 536 g/mol. The molecule has 2 saturated heterocycles. The summed E-state index contributed by atoms with van der Waals surface area (Å²) < 4.78 is 6.44. The molecule has 0 N–H and O–H groups in total. The highest BCUT2D eigenvalue weighted by molar-refractivity contribution is 5.97. The molecule has 3 aliphatic heterocycles. The van der Waals surface area contributed by atoms with Gasteiger partial charge in [0.05, 0.1) is 17.9 Å². The fourth-order valence-corrected chi connectivity index (χ4v) is 7.47. The third kappa shape index (κ3) is 5.31. The smallest absolute Gasteiger partial charge is 0.246 e. The van der Waals surface area contributed by atoms with Gasteiger partial charge in [0.25, 0.3) is 0 Å². The van der Waals surface area contributed by atoms with E-state index in [0.29, 0.717) is 43.7 Å². The molecule has 0 bridgehead atoms. The zero-order valence-corrected chi connectivity index (χ0v) is 25.8. The Morgan fingerprint density at radius 1 is 1.14 bits per heavy atom. The Hall–Kier alpha value is -4.09. The van der Waals surface area contributed by atoms with Crippen molar-refractivity contribution in [2.45, 2.75) is 64.7 Å². The molecule has 224 valence electrons. The van der Waals surface area contributed by atoms with Crippen LogP contribution in [0.3, 0.4) is 0 Å². The highest BCUT2D eigenvalue weighted by Gasteiger charge is 2.36. The summed E-state index contributed by atoms with van der Waals surface area (Å²) in [4.78, 5) is 26.7. The zero-order valence-electron chi connectivity index (χ0n) is 25.8. The molecule has 2 aromatic carbocycles. The molecule has 3 aromatic rings. The number of pyridine rings is 1. The number of ether oxygens (including phenoxy) is 1. The summed E-state index contributed by atoms with van der Waals surface area (Å²) in [5.41, 5.74) is 6.00. The summed E-state index contributed by atoms with van der Waals surface area (Å²) in [5.74, 6) is 0.375. The molecule has 2 fully saturated rings. The van der Waals surface area contributed by atoms with E-state index in [-0.39, 0.29) is 18.0 Å². The normalized spacial score (nSPS) is 22.4. The first-order valence-electron chi connectivity index (χ1n) is 15.5. The summed E-state index contributed by atoms with van der Waals surface area (Å²) in [5, 5.41) is 13.1. The van der Waals surface area contributed by atoms with Gasteiger partial charge in [-0.25, -0.2) is 4.98 Å². The number of hydrogen-bond acceptors (Lipinski definition) is 7. The summed E-state index contributed by atoms with van der Waals surface area (Å²) >= 11 is 0. The number of likely N-dealkylation sites (N-methyl/N-ethyl adjacent to an activating group) is 1. The van der Waals surface area contributed by atoms with Crippen molar-refractivity contribution in [3.05, 3.63) is 71.4 Å². The number of amides is 1.